The molecular weight excluding hydrogens is 332 g/mol. The lowest BCUT2D eigenvalue weighted by Crippen LogP contribution is -2.41. The van der Waals surface area contributed by atoms with Gasteiger partial charge in [-0.25, -0.2) is 8.42 Å². The van der Waals surface area contributed by atoms with Gasteiger partial charge in [0.15, 0.2) is 6.10 Å². The summed E-state index contributed by atoms with van der Waals surface area (Å²) in [5, 5.41) is 2.76. The molecule has 1 aromatic carbocycles. The number of sulfonamides is 1. The predicted molar refractivity (Wildman–Crippen MR) is 88.6 cm³/mol. The second-order valence-corrected chi connectivity index (χ2v) is 7.85. The fourth-order valence-corrected chi connectivity index (χ4v) is 4.24. The number of carbonyl (C=O) groups excluding carboxylic acids is 1. The van der Waals surface area contributed by atoms with Crippen LogP contribution in [0.1, 0.15) is 26.2 Å². The Hall–Kier alpha value is -1.64. The third kappa shape index (κ3) is 3.40. The highest BCUT2D eigenvalue weighted by Gasteiger charge is 2.31. The summed E-state index contributed by atoms with van der Waals surface area (Å²) in [6.07, 6.45) is 2.02. The van der Waals surface area contributed by atoms with Gasteiger partial charge in [0.1, 0.15) is 5.75 Å². The highest BCUT2D eigenvalue weighted by molar-refractivity contribution is 7.89. The van der Waals surface area contributed by atoms with Crippen LogP contribution in [0.3, 0.4) is 0 Å². The van der Waals surface area contributed by atoms with Gasteiger partial charge >= 0.3 is 0 Å². The largest absolute Gasteiger partial charge is 0.478 e. The molecule has 1 unspecified atom stereocenters. The van der Waals surface area contributed by atoms with Gasteiger partial charge in [0.2, 0.25) is 10.0 Å². The first kappa shape index (κ1) is 17.2. The first-order valence-corrected chi connectivity index (χ1v) is 9.66. The summed E-state index contributed by atoms with van der Waals surface area (Å²) in [7, 11) is -3.59. The lowest BCUT2D eigenvalue weighted by atomic mass is 10.1. The van der Waals surface area contributed by atoms with Crippen molar-refractivity contribution in [3.8, 4) is 5.75 Å². The standard InChI is InChI=1S/C16H22N2O5S/c1-2-3-4-15-16(19)17-13-11-12(5-6-14(13)23-15)24(20,21)18-7-9-22-10-8-18/h5-6,11,15H,2-4,7-10H2,1H3,(H,17,19). The van der Waals surface area contributed by atoms with Crippen LogP contribution in [0, 0.1) is 0 Å². The predicted octanol–water partition coefficient (Wildman–Crippen LogP) is 1.60. The molecule has 3 rings (SSSR count). The van der Waals surface area contributed by atoms with E-state index in [4.69, 9.17) is 9.47 Å². The van der Waals surface area contributed by atoms with Crippen LogP contribution < -0.4 is 10.1 Å². The van der Waals surface area contributed by atoms with Crippen molar-refractivity contribution in [2.75, 3.05) is 31.6 Å². The van der Waals surface area contributed by atoms with E-state index >= 15 is 0 Å². The minimum atomic E-state index is -3.59. The average molecular weight is 354 g/mol. The van der Waals surface area contributed by atoms with Crippen molar-refractivity contribution in [3.63, 3.8) is 0 Å². The van der Waals surface area contributed by atoms with Gasteiger partial charge in [-0.15, -0.1) is 0 Å². The molecule has 7 nitrogen and oxygen atoms in total. The summed E-state index contributed by atoms with van der Waals surface area (Å²) in [4.78, 5) is 12.3. The van der Waals surface area contributed by atoms with Crippen molar-refractivity contribution < 1.29 is 22.7 Å². The third-order valence-corrected chi connectivity index (χ3v) is 6.09. The summed E-state index contributed by atoms with van der Waals surface area (Å²) in [6.45, 7) is 3.51. The highest BCUT2D eigenvalue weighted by Crippen LogP contribution is 2.33. The zero-order valence-corrected chi connectivity index (χ0v) is 14.5. The fourth-order valence-electron chi connectivity index (χ4n) is 2.81. The first-order chi connectivity index (χ1) is 11.5. The lowest BCUT2D eigenvalue weighted by Gasteiger charge is -2.28. The molecule has 1 atom stereocenters. The van der Waals surface area contributed by atoms with Crippen molar-refractivity contribution in [3.05, 3.63) is 18.2 Å². The number of unbranched alkanes of at least 4 members (excludes halogenated alkanes) is 1. The van der Waals surface area contributed by atoms with E-state index < -0.39 is 16.1 Å². The molecule has 1 aromatic rings. The van der Waals surface area contributed by atoms with E-state index in [1.807, 2.05) is 0 Å². The molecule has 8 heteroatoms. The van der Waals surface area contributed by atoms with Gasteiger partial charge in [-0.3, -0.25) is 4.79 Å². The van der Waals surface area contributed by atoms with E-state index in [2.05, 4.69) is 12.2 Å². The Morgan fingerprint density at radius 2 is 2.04 bits per heavy atom. The van der Waals surface area contributed by atoms with Crippen LogP contribution in [-0.4, -0.2) is 51.0 Å². The van der Waals surface area contributed by atoms with E-state index in [0.717, 1.165) is 12.8 Å². The molecular formula is C16H22N2O5S. The molecule has 24 heavy (non-hydrogen) atoms. The number of rotatable bonds is 5. The van der Waals surface area contributed by atoms with Crippen LogP contribution in [0.4, 0.5) is 5.69 Å². The molecule has 132 valence electrons. The Morgan fingerprint density at radius 1 is 1.29 bits per heavy atom. The average Bonchev–Trinajstić information content (AvgIpc) is 2.60. The van der Waals surface area contributed by atoms with Crippen LogP contribution >= 0.6 is 0 Å². The molecule has 2 aliphatic heterocycles. The van der Waals surface area contributed by atoms with E-state index in [9.17, 15) is 13.2 Å². The number of carbonyl (C=O) groups is 1. The molecule has 1 fully saturated rings. The second kappa shape index (κ2) is 7.08. The number of nitrogens with zero attached hydrogens (tertiary/aromatic N) is 1. The van der Waals surface area contributed by atoms with E-state index in [1.165, 1.54) is 16.4 Å². The van der Waals surface area contributed by atoms with Crippen molar-refractivity contribution in [1.82, 2.24) is 4.31 Å². The Bertz CT molecular complexity index is 713. The van der Waals surface area contributed by atoms with E-state index in [1.54, 1.807) is 6.07 Å². The van der Waals surface area contributed by atoms with Gasteiger partial charge in [0.05, 0.1) is 23.8 Å². The normalized spacial score (nSPS) is 21.7. The summed E-state index contributed by atoms with van der Waals surface area (Å²) < 4.78 is 37.7. The maximum absolute atomic E-state index is 12.7. The van der Waals surface area contributed by atoms with Gasteiger partial charge in [0, 0.05) is 13.1 Å². The number of fused-ring (bicyclic) bond motifs is 1. The smallest absolute Gasteiger partial charge is 0.265 e. The number of anilines is 1. The topological polar surface area (TPSA) is 84.9 Å². The first-order valence-electron chi connectivity index (χ1n) is 8.22. The van der Waals surface area contributed by atoms with Crippen LogP contribution in [0.25, 0.3) is 0 Å². The van der Waals surface area contributed by atoms with Gasteiger partial charge in [-0.2, -0.15) is 4.31 Å². The maximum Gasteiger partial charge on any atom is 0.265 e. The monoisotopic (exact) mass is 354 g/mol. The molecule has 0 spiro atoms. The Morgan fingerprint density at radius 3 is 2.75 bits per heavy atom. The maximum atomic E-state index is 12.7. The molecule has 1 amide bonds. The molecule has 1 saturated heterocycles. The number of morpholine rings is 1. The zero-order valence-electron chi connectivity index (χ0n) is 13.7. The fraction of sp³-hybridized carbons (Fsp3) is 0.562. The summed E-state index contributed by atoms with van der Waals surface area (Å²) >= 11 is 0. The number of ether oxygens (including phenoxy) is 2. The Labute approximate surface area is 142 Å². The van der Waals surface area contributed by atoms with Crippen molar-refractivity contribution in [1.29, 1.82) is 0 Å². The molecule has 0 aromatic heterocycles. The Kier molecular flexibility index (Phi) is 5.07. The summed E-state index contributed by atoms with van der Waals surface area (Å²) in [5.41, 5.74) is 0.405. The minimum Gasteiger partial charge on any atom is -0.478 e. The quantitative estimate of drug-likeness (QED) is 0.868. The van der Waals surface area contributed by atoms with Crippen LogP contribution in [0.5, 0.6) is 5.75 Å². The molecule has 0 radical (unpaired) electrons. The summed E-state index contributed by atoms with van der Waals surface area (Å²) in [6, 6.07) is 4.60. The van der Waals surface area contributed by atoms with Crippen molar-refractivity contribution >= 4 is 21.6 Å². The molecule has 0 bridgehead atoms. The molecule has 2 aliphatic rings. The lowest BCUT2D eigenvalue weighted by molar-refractivity contribution is -0.123. The van der Waals surface area contributed by atoms with E-state index in [-0.39, 0.29) is 10.8 Å². The van der Waals surface area contributed by atoms with Crippen molar-refractivity contribution in [2.45, 2.75) is 37.2 Å². The van der Waals surface area contributed by atoms with Crippen LogP contribution in [0.2, 0.25) is 0 Å². The van der Waals surface area contributed by atoms with Crippen LogP contribution in [-0.2, 0) is 19.6 Å². The van der Waals surface area contributed by atoms with Gasteiger partial charge in [-0.1, -0.05) is 13.3 Å². The molecule has 0 aliphatic carbocycles. The van der Waals surface area contributed by atoms with Gasteiger partial charge in [-0.05, 0) is 31.0 Å². The zero-order chi connectivity index (χ0) is 17.2. The van der Waals surface area contributed by atoms with Crippen molar-refractivity contribution in [2.24, 2.45) is 0 Å². The SMILES string of the molecule is CCCCC1Oc2ccc(S(=O)(=O)N3CCOCC3)cc2NC1=O. The number of hydrogen-bond acceptors (Lipinski definition) is 5. The number of hydrogen-bond donors (Lipinski definition) is 1. The molecule has 2 heterocycles. The summed E-state index contributed by atoms with van der Waals surface area (Å²) in [5.74, 6) is 0.286. The van der Waals surface area contributed by atoms with Crippen LogP contribution in [0.15, 0.2) is 23.1 Å². The van der Waals surface area contributed by atoms with Gasteiger partial charge < -0.3 is 14.8 Å². The van der Waals surface area contributed by atoms with E-state index in [0.29, 0.717) is 44.2 Å². The number of nitrogens with one attached hydrogen (secondary N) is 1. The highest BCUT2D eigenvalue weighted by atomic mass is 32.2. The Balaban J connectivity index is 1.82. The minimum absolute atomic E-state index is 0.152. The van der Waals surface area contributed by atoms with Gasteiger partial charge in [0.25, 0.3) is 5.91 Å². The molecule has 1 N–H and O–H groups in total. The second-order valence-electron chi connectivity index (χ2n) is 5.91. The number of benzene rings is 1. The molecule has 0 saturated carbocycles. The third-order valence-electron chi connectivity index (χ3n) is 4.20. The number of amides is 1.